The second-order valence-electron chi connectivity index (χ2n) is 8.91. The Hall–Kier alpha value is -2.30. The fourth-order valence-corrected chi connectivity index (χ4v) is 3.69. The van der Waals surface area contributed by atoms with E-state index in [1.54, 1.807) is 4.90 Å². The zero-order valence-corrected chi connectivity index (χ0v) is 18.2. The topological polar surface area (TPSA) is 51.7 Å². The molecule has 1 aliphatic rings. The number of carbonyl (C=O) groups excluding carboxylic acids is 1. The molecule has 0 aliphatic carbocycles. The minimum atomic E-state index is -0.465. The lowest BCUT2D eigenvalue weighted by atomic mass is 10.0. The Labute approximate surface area is 174 Å². The van der Waals surface area contributed by atoms with Gasteiger partial charge in [0.2, 0.25) is 0 Å². The summed E-state index contributed by atoms with van der Waals surface area (Å²) in [6.45, 7) is 9.22. The van der Waals surface area contributed by atoms with Crippen LogP contribution in [0, 0.1) is 0 Å². The Morgan fingerprint density at radius 3 is 2.66 bits per heavy atom. The van der Waals surface area contributed by atoms with Crippen LogP contribution in [0.5, 0.6) is 5.75 Å². The van der Waals surface area contributed by atoms with E-state index in [9.17, 15) is 4.79 Å². The van der Waals surface area contributed by atoms with Gasteiger partial charge in [0.25, 0.3) is 0 Å². The summed E-state index contributed by atoms with van der Waals surface area (Å²) in [7, 11) is 0. The zero-order chi connectivity index (χ0) is 20.9. The number of nitrogens with zero attached hydrogens (tertiary/aromatic N) is 2. The van der Waals surface area contributed by atoms with Gasteiger partial charge in [-0.05, 0) is 57.4 Å². The van der Waals surface area contributed by atoms with E-state index in [1.165, 1.54) is 24.8 Å². The summed E-state index contributed by atoms with van der Waals surface area (Å²) in [5.74, 6) is 0.866. The van der Waals surface area contributed by atoms with Crippen molar-refractivity contribution in [2.45, 2.75) is 77.9 Å². The van der Waals surface area contributed by atoms with Gasteiger partial charge in [0.15, 0.2) is 0 Å². The van der Waals surface area contributed by atoms with Gasteiger partial charge in [0, 0.05) is 37.5 Å². The molecule has 1 fully saturated rings. The molecule has 1 amide bonds. The number of rotatable bonds is 6. The fraction of sp³-hybridized carbons (Fsp3) is 0.583. The summed E-state index contributed by atoms with van der Waals surface area (Å²) < 4.78 is 11.9. The lowest BCUT2D eigenvalue weighted by Crippen LogP contribution is -2.44. The molecule has 0 unspecified atom stereocenters. The largest absolute Gasteiger partial charge is 0.488 e. The van der Waals surface area contributed by atoms with Crippen molar-refractivity contribution in [2.24, 2.45) is 0 Å². The van der Waals surface area contributed by atoms with Crippen LogP contribution < -0.4 is 4.74 Å². The van der Waals surface area contributed by atoms with Crippen LogP contribution in [0.1, 0.15) is 65.4 Å². The van der Waals surface area contributed by atoms with E-state index in [0.29, 0.717) is 13.1 Å². The molecular formula is C24H34N2O3. The van der Waals surface area contributed by atoms with Crippen molar-refractivity contribution >= 4 is 17.0 Å². The van der Waals surface area contributed by atoms with Crippen LogP contribution in [-0.4, -0.2) is 40.8 Å². The van der Waals surface area contributed by atoms with E-state index in [0.717, 1.165) is 35.9 Å². The molecule has 2 heterocycles. The van der Waals surface area contributed by atoms with E-state index in [4.69, 9.17) is 9.47 Å². The van der Waals surface area contributed by atoms with E-state index in [2.05, 4.69) is 30.1 Å². The molecule has 0 bridgehead atoms. The number of likely N-dealkylation sites (tertiary alicyclic amines) is 1. The Bertz CT molecular complexity index is 820. The summed E-state index contributed by atoms with van der Waals surface area (Å²) in [6.07, 6.45) is 7.98. The molecule has 0 atom stereocenters. The van der Waals surface area contributed by atoms with Crippen molar-refractivity contribution < 1.29 is 14.3 Å². The average Bonchev–Trinajstić information content (AvgIpc) is 2.67. The summed E-state index contributed by atoms with van der Waals surface area (Å²) >= 11 is 0. The number of ether oxygens (including phenoxy) is 2. The summed E-state index contributed by atoms with van der Waals surface area (Å²) in [6, 6.07) is 8.46. The molecule has 0 radical (unpaired) electrons. The highest BCUT2D eigenvalue weighted by Crippen LogP contribution is 2.29. The number of pyridine rings is 1. The number of piperidine rings is 1. The third kappa shape index (κ3) is 6.09. The minimum absolute atomic E-state index is 0.0878. The SMILES string of the molecule is CCCCCc1cc(OC2CCN(C(=O)OC(C)(C)C)CC2)c2ncccc2c1. The highest BCUT2D eigenvalue weighted by molar-refractivity contribution is 5.85. The molecule has 1 aromatic heterocycles. The van der Waals surface area contributed by atoms with Crippen LogP contribution >= 0.6 is 0 Å². The van der Waals surface area contributed by atoms with Gasteiger partial charge in [-0.25, -0.2) is 4.79 Å². The molecule has 1 aliphatic heterocycles. The second-order valence-corrected chi connectivity index (χ2v) is 8.91. The molecule has 3 rings (SSSR count). The predicted octanol–water partition coefficient (Wildman–Crippen LogP) is 5.75. The van der Waals surface area contributed by atoms with E-state index < -0.39 is 5.60 Å². The van der Waals surface area contributed by atoms with Gasteiger partial charge in [0.1, 0.15) is 23.0 Å². The number of aryl methyl sites for hydroxylation is 1. The van der Waals surface area contributed by atoms with Crippen molar-refractivity contribution in [3.63, 3.8) is 0 Å². The van der Waals surface area contributed by atoms with E-state index in [-0.39, 0.29) is 12.2 Å². The molecule has 29 heavy (non-hydrogen) atoms. The van der Waals surface area contributed by atoms with Crippen LogP contribution in [-0.2, 0) is 11.2 Å². The van der Waals surface area contributed by atoms with Gasteiger partial charge in [-0.15, -0.1) is 0 Å². The fourth-order valence-electron chi connectivity index (χ4n) is 3.69. The normalized spacial score (nSPS) is 15.5. The van der Waals surface area contributed by atoms with Crippen molar-refractivity contribution in [1.82, 2.24) is 9.88 Å². The molecule has 0 saturated carbocycles. The molecule has 158 valence electrons. The first-order valence-corrected chi connectivity index (χ1v) is 10.9. The van der Waals surface area contributed by atoms with E-state index >= 15 is 0 Å². The average molecular weight is 399 g/mol. The second kappa shape index (κ2) is 9.47. The van der Waals surface area contributed by atoms with Crippen LogP contribution in [0.15, 0.2) is 30.5 Å². The number of fused-ring (bicyclic) bond motifs is 1. The van der Waals surface area contributed by atoms with Crippen LogP contribution in [0.4, 0.5) is 4.79 Å². The number of aromatic nitrogens is 1. The molecule has 2 aromatic rings. The molecule has 1 saturated heterocycles. The molecule has 0 spiro atoms. The quantitative estimate of drug-likeness (QED) is 0.582. The number of unbranched alkanes of at least 4 members (excludes halogenated alkanes) is 2. The standard InChI is InChI=1S/C24H34N2O3/c1-5-6-7-9-18-16-19-10-8-13-25-22(19)21(17-18)28-20-11-14-26(15-12-20)23(27)29-24(2,3)4/h8,10,13,16-17,20H,5-7,9,11-12,14-15H2,1-4H3. The highest BCUT2D eigenvalue weighted by atomic mass is 16.6. The lowest BCUT2D eigenvalue weighted by Gasteiger charge is -2.33. The molecule has 1 aromatic carbocycles. The monoisotopic (exact) mass is 398 g/mol. The third-order valence-electron chi connectivity index (χ3n) is 5.19. The van der Waals surface area contributed by atoms with Crippen LogP contribution in [0.3, 0.4) is 0 Å². The first kappa shape index (κ1) is 21.4. The molecular weight excluding hydrogens is 364 g/mol. The number of amides is 1. The van der Waals surface area contributed by atoms with Gasteiger partial charge in [0.05, 0.1) is 0 Å². The number of hydrogen-bond acceptors (Lipinski definition) is 4. The van der Waals surface area contributed by atoms with Gasteiger partial charge >= 0.3 is 6.09 Å². The lowest BCUT2D eigenvalue weighted by molar-refractivity contribution is 0.0127. The van der Waals surface area contributed by atoms with Gasteiger partial charge in [-0.2, -0.15) is 0 Å². The Balaban J connectivity index is 1.66. The number of benzene rings is 1. The summed E-state index contributed by atoms with van der Waals surface area (Å²) in [5, 5.41) is 1.13. The van der Waals surface area contributed by atoms with Crippen LogP contribution in [0.2, 0.25) is 0 Å². The zero-order valence-electron chi connectivity index (χ0n) is 18.2. The number of hydrogen-bond donors (Lipinski definition) is 0. The summed E-state index contributed by atoms with van der Waals surface area (Å²) in [5.41, 5.74) is 1.76. The van der Waals surface area contributed by atoms with Crippen molar-refractivity contribution in [2.75, 3.05) is 13.1 Å². The van der Waals surface area contributed by atoms with Gasteiger partial charge in [-0.3, -0.25) is 4.98 Å². The highest BCUT2D eigenvalue weighted by Gasteiger charge is 2.28. The number of carbonyl (C=O) groups is 1. The Kier molecular flexibility index (Phi) is 6.99. The molecule has 0 N–H and O–H groups in total. The van der Waals surface area contributed by atoms with Crippen LogP contribution in [0.25, 0.3) is 10.9 Å². The van der Waals surface area contributed by atoms with Gasteiger partial charge in [-0.1, -0.05) is 25.8 Å². The Morgan fingerprint density at radius 1 is 1.21 bits per heavy atom. The smallest absolute Gasteiger partial charge is 0.410 e. The molecule has 5 nitrogen and oxygen atoms in total. The maximum Gasteiger partial charge on any atom is 0.410 e. The summed E-state index contributed by atoms with van der Waals surface area (Å²) in [4.78, 5) is 18.6. The van der Waals surface area contributed by atoms with Gasteiger partial charge < -0.3 is 14.4 Å². The van der Waals surface area contributed by atoms with Crippen molar-refractivity contribution in [3.8, 4) is 5.75 Å². The van der Waals surface area contributed by atoms with E-state index in [1.807, 2.05) is 33.0 Å². The molecule has 5 heteroatoms. The third-order valence-corrected chi connectivity index (χ3v) is 5.19. The first-order valence-electron chi connectivity index (χ1n) is 10.9. The Morgan fingerprint density at radius 2 is 1.97 bits per heavy atom. The predicted molar refractivity (Wildman–Crippen MR) is 116 cm³/mol. The first-order chi connectivity index (χ1) is 13.9. The van der Waals surface area contributed by atoms with Crippen molar-refractivity contribution in [3.05, 3.63) is 36.0 Å². The minimum Gasteiger partial charge on any atom is -0.488 e. The van der Waals surface area contributed by atoms with Crippen molar-refractivity contribution in [1.29, 1.82) is 0 Å². The maximum atomic E-state index is 12.3. The maximum absolute atomic E-state index is 12.3.